The molecule has 5 nitrogen and oxygen atoms in total. The van der Waals surface area contributed by atoms with Crippen LogP contribution in [0.2, 0.25) is 0 Å². The lowest BCUT2D eigenvalue weighted by Gasteiger charge is -2.13. The van der Waals surface area contributed by atoms with Crippen LogP contribution >= 0.6 is 0 Å². The zero-order valence-corrected chi connectivity index (χ0v) is 10.5. The molecular weight excluding hydrogens is 214 g/mol. The van der Waals surface area contributed by atoms with Crippen molar-refractivity contribution in [1.29, 1.82) is 0 Å². The topological polar surface area (TPSA) is 65.7 Å². The van der Waals surface area contributed by atoms with E-state index in [2.05, 4.69) is 34.6 Å². The number of nitrogens with one attached hydrogen (secondary N) is 2. The van der Waals surface area contributed by atoms with Gasteiger partial charge >= 0.3 is 0 Å². The summed E-state index contributed by atoms with van der Waals surface area (Å²) < 4.78 is 0. The number of para-hydroxylation sites is 1. The second-order valence-corrected chi connectivity index (χ2v) is 3.76. The molecule has 0 unspecified atom stereocenters. The predicted octanol–water partition coefficient (Wildman–Crippen LogP) is 0.870. The van der Waals surface area contributed by atoms with Crippen molar-refractivity contribution in [2.75, 3.05) is 32.0 Å². The molecule has 0 heterocycles. The fourth-order valence-electron chi connectivity index (χ4n) is 1.27. The summed E-state index contributed by atoms with van der Waals surface area (Å²) >= 11 is 0. The highest BCUT2D eigenvalue weighted by Crippen LogP contribution is 2.03. The Morgan fingerprint density at radius 3 is 2.65 bits per heavy atom. The Balaban J connectivity index is 2.45. The molecule has 0 fully saturated rings. The van der Waals surface area contributed by atoms with Gasteiger partial charge in [0.2, 0.25) is 5.96 Å². The highest BCUT2D eigenvalue weighted by Gasteiger charge is 1.97. The van der Waals surface area contributed by atoms with Gasteiger partial charge in [0.1, 0.15) is 0 Å². The van der Waals surface area contributed by atoms with Crippen LogP contribution in [-0.4, -0.2) is 37.5 Å². The van der Waals surface area contributed by atoms with Gasteiger partial charge in [0.15, 0.2) is 0 Å². The number of hydrogen-bond acceptors (Lipinski definition) is 3. The molecule has 0 aliphatic heterocycles. The fourth-order valence-corrected chi connectivity index (χ4v) is 1.27. The van der Waals surface area contributed by atoms with E-state index in [-0.39, 0.29) is 0 Å². The molecule has 94 valence electrons. The highest BCUT2D eigenvalue weighted by atomic mass is 15.3. The second kappa shape index (κ2) is 7.65. The van der Waals surface area contributed by atoms with Crippen molar-refractivity contribution in [2.24, 2.45) is 10.8 Å². The van der Waals surface area contributed by atoms with Crippen LogP contribution in [0.1, 0.15) is 6.92 Å². The molecule has 0 amide bonds. The van der Waals surface area contributed by atoms with Gasteiger partial charge in [0.25, 0.3) is 0 Å². The van der Waals surface area contributed by atoms with E-state index in [4.69, 9.17) is 5.84 Å². The van der Waals surface area contributed by atoms with Crippen molar-refractivity contribution in [3.63, 3.8) is 0 Å². The van der Waals surface area contributed by atoms with E-state index >= 15 is 0 Å². The number of aliphatic imine (C=N–C) groups is 1. The number of guanidine groups is 1. The third kappa shape index (κ3) is 5.33. The normalized spacial score (nSPS) is 11.6. The lowest BCUT2D eigenvalue weighted by Crippen LogP contribution is -2.37. The molecule has 1 rings (SSSR count). The molecule has 1 aromatic carbocycles. The van der Waals surface area contributed by atoms with E-state index in [1.165, 1.54) is 0 Å². The van der Waals surface area contributed by atoms with Crippen LogP contribution in [0.25, 0.3) is 0 Å². The first-order chi connectivity index (χ1) is 8.26. The lowest BCUT2D eigenvalue weighted by atomic mass is 10.3. The van der Waals surface area contributed by atoms with E-state index in [9.17, 15) is 0 Å². The maximum Gasteiger partial charge on any atom is 0.210 e. The average Bonchev–Trinajstić information content (AvgIpc) is 2.38. The summed E-state index contributed by atoms with van der Waals surface area (Å²) in [5.74, 6) is 6.00. The zero-order chi connectivity index (χ0) is 12.5. The number of nitrogens with zero attached hydrogens (tertiary/aromatic N) is 2. The van der Waals surface area contributed by atoms with Gasteiger partial charge < -0.3 is 10.2 Å². The average molecular weight is 235 g/mol. The summed E-state index contributed by atoms with van der Waals surface area (Å²) in [5.41, 5.74) is 3.53. The van der Waals surface area contributed by atoms with Gasteiger partial charge in [-0.3, -0.25) is 10.4 Å². The number of benzene rings is 1. The van der Waals surface area contributed by atoms with Gasteiger partial charge in [-0.25, -0.2) is 5.84 Å². The molecule has 4 N–H and O–H groups in total. The molecule has 0 saturated carbocycles. The van der Waals surface area contributed by atoms with Crippen molar-refractivity contribution >= 4 is 11.6 Å². The Bertz CT molecular complexity index is 336. The third-order valence-corrected chi connectivity index (χ3v) is 2.46. The van der Waals surface area contributed by atoms with Crippen LogP contribution in [0, 0.1) is 0 Å². The van der Waals surface area contributed by atoms with E-state index in [1.54, 1.807) is 0 Å². The van der Waals surface area contributed by atoms with Crippen molar-refractivity contribution in [3.05, 3.63) is 30.3 Å². The van der Waals surface area contributed by atoms with Crippen molar-refractivity contribution in [3.8, 4) is 0 Å². The molecule has 0 aliphatic carbocycles. The summed E-state index contributed by atoms with van der Waals surface area (Å²) in [6, 6.07) is 9.81. The van der Waals surface area contributed by atoms with E-state index < -0.39 is 0 Å². The third-order valence-electron chi connectivity index (χ3n) is 2.46. The molecule has 0 bridgehead atoms. The summed E-state index contributed by atoms with van der Waals surface area (Å²) in [5, 5.41) is 3.12. The molecule has 17 heavy (non-hydrogen) atoms. The molecule has 0 saturated heterocycles. The van der Waals surface area contributed by atoms with Crippen LogP contribution < -0.4 is 16.6 Å². The van der Waals surface area contributed by atoms with Gasteiger partial charge in [-0.2, -0.15) is 0 Å². The monoisotopic (exact) mass is 235 g/mol. The maximum atomic E-state index is 5.41. The molecule has 0 radical (unpaired) electrons. The summed E-state index contributed by atoms with van der Waals surface area (Å²) in [7, 11) is 2.07. The van der Waals surface area contributed by atoms with E-state index in [1.807, 2.05) is 30.3 Å². The smallest absolute Gasteiger partial charge is 0.210 e. The first kappa shape index (κ1) is 13.5. The second-order valence-electron chi connectivity index (χ2n) is 3.76. The quantitative estimate of drug-likeness (QED) is 0.307. The van der Waals surface area contributed by atoms with E-state index in [0.29, 0.717) is 12.5 Å². The number of anilines is 1. The first-order valence-corrected chi connectivity index (χ1v) is 5.78. The summed E-state index contributed by atoms with van der Waals surface area (Å²) in [6.45, 7) is 4.77. The first-order valence-electron chi connectivity index (χ1n) is 5.78. The minimum Gasteiger partial charge on any atom is -0.325 e. The van der Waals surface area contributed by atoms with Gasteiger partial charge in [0, 0.05) is 12.2 Å². The van der Waals surface area contributed by atoms with Gasteiger partial charge in [-0.05, 0) is 25.7 Å². The fraction of sp³-hybridized carbons (Fsp3) is 0.417. The standard InChI is InChI=1S/C12H21N5/c1-3-17(2)10-9-14-12(16-13)15-11-7-5-4-6-8-11/h4-8H,3,9-10,13H2,1-2H3,(H2,14,15,16). The Kier molecular flexibility index (Phi) is 6.06. The van der Waals surface area contributed by atoms with Crippen molar-refractivity contribution in [1.82, 2.24) is 10.3 Å². The summed E-state index contributed by atoms with van der Waals surface area (Å²) in [4.78, 5) is 6.55. The SMILES string of the molecule is CCN(C)CCN=C(NN)Nc1ccccc1. The molecule has 0 spiro atoms. The highest BCUT2D eigenvalue weighted by molar-refractivity contribution is 5.93. The number of likely N-dealkylation sites (N-methyl/N-ethyl adjacent to an activating group) is 1. The lowest BCUT2D eigenvalue weighted by molar-refractivity contribution is 0.363. The van der Waals surface area contributed by atoms with Gasteiger partial charge in [-0.15, -0.1) is 0 Å². The maximum absolute atomic E-state index is 5.41. The number of hydrazine groups is 1. The molecule has 5 heteroatoms. The Morgan fingerprint density at radius 1 is 1.35 bits per heavy atom. The van der Waals surface area contributed by atoms with Crippen LogP contribution in [0.4, 0.5) is 5.69 Å². The molecule has 1 aromatic rings. The van der Waals surface area contributed by atoms with Crippen LogP contribution in [0.3, 0.4) is 0 Å². The van der Waals surface area contributed by atoms with Gasteiger partial charge in [0.05, 0.1) is 6.54 Å². The predicted molar refractivity (Wildman–Crippen MR) is 72.9 cm³/mol. The Hall–Kier alpha value is -1.59. The molecular formula is C12H21N5. The van der Waals surface area contributed by atoms with E-state index in [0.717, 1.165) is 18.8 Å². The number of nitrogens with two attached hydrogens (primary N) is 1. The number of hydrogen-bond donors (Lipinski definition) is 3. The summed E-state index contributed by atoms with van der Waals surface area (Å²) in [6.07, 6.45) is 0. The minimum atomic E-state index is 0.584. The zero-order valence-electron chi connectivity index (χ0n) is 10.5. The van der Waals surface area contributed by atoms with Crippen LogP contribution in [-0.2, 0) is 0 Å². The molecule has 0 aromatic heterocycles. The molecule has 0 atom stereocenters. The Morgan fingerprint density at radius 2 is 2.06 bits per heavy atom. The van der Waals surface area contributed by atoms with Crippen LogP contribution in [0.5, 0.6) is 0 Å². The number of rotatable bonds is 5. The van der Waals surface area contributed by atoms with Gasteiger partial charge in [-0.1, -0.05) is 25.1 Å². The Labute approximate surface area is 103 Å². The van der Waals surface area contributed by atoms with Crippen molar-refractivity contribution < 1.29 is 0 Å². The molecule has 0 aliphatic rings. The minimum absolute atomic E-state index is 0.584. The largest absolute Gasteiger partial charge is 0.325 e. The van der Waals surface area contributed by atoms with Crippen LogP contribution in [0.15, 0.2) is 35.3 Å². The van der Waals surface area contributed by atoms with Crippen molar-refractivity contribution in [2.45, 2.75) is 6.92 Å².